The number of hydrogen-bond donors (Lipinski definition) is 2. The van der Waals surface area contributed by atoms with Gasteiger partial charge in [0.15, 0.2) is 11.6 Å². The third-order valence-corrected chi connectivity index (χ3v) is 7.19. The smallest absolute Gasteiger partial charge is 0.252 e. The number of rotatable bonds is 5. The first-order valence-corrected chi connectivity index (χ1v) is 9.86. The Bertz CT molecular complexity index is 1050. The quantitative estimate of drug-likeness (QED) is 0.691. The third kappa shape index (κ3) is 3.57. The van der Waals surface area contributed by atoms with Crippen LogP contribution in [-0.2, 0) is 16.6 Å². The summed E-state index contributed by atoms with van der Waals surface area (Å²) in [7, 11) is -2.34. The molecule has 0 atom stereocenters. The number of phenols is 2. The summed E-state index contributed by atoms with van der Waals surface area (Å²) < 4.78 is 40.8. The molecular weight excluding hydrogens is 377 g/mol. The van der Waals surface area contributed by atoms with Crippen molar-refractivity contribution >= 4 is 21.4 Å². The first-order chi connectivity index (χ1) is 12.3. The predicted octanol–water partition coefficient (Wildman–Crippen LogP) is 3.79. The van der Waals surface area contributed by atoms with Gasteiger partial charge in [-0.3, -0.25) is 0 Å². The zero-order valence-corrected chi connectivity index (χ0v) is 15.4. The minimum atomic E-state index is -3.77. The monoisotopic (exact) mass is 393 g/mol. The molecule has 1 aromatic heterocycles. The average Bonchev–Trinajstić information content (AvgIpc) is 3.08. The van der Waals surface area contributed by atoms with Crippen LogP contribution in [0.15, 0.2) is 58.8 Å². The highest BCUT2D eigenvalue weighted by Gasteiger charge is 2.24. The largest absolute Gasteiger partial charge is 0.508 e. The Kier molecular flexibility index (Phi) is 4.99. The number of thiophene rings is 1. The van der Waals surface area contributed by atoms with Crippen molar-refractivity contribution in [3.63, 3.8) is 0 Å². The molecule has 0 radical (unpaired) electrons. The Hall–Kier alpha value is -2.42. The van der Waals surface area contributed by atoms with E-state index in [-0.39, 0.29) is 22.1 Å². The molecular formula is C18H16FNO4S2. The van der Waals surface area contributed by atoms with E-state index in [1.807, 2.05) is 0 Å². The Labute approximate surface area is 154 Å². The van der Waals surface area contributed by atoms with Crippen LogP contribution in [0.1, 0.15) is 5.56 Å². The molecule has 0 aliphatic rings. The Morgan fingerprint density at radius 1 is 1.08 bits per heavy atom. The fraction of sp³-hybridized carbons (Fsp3) is 0.111. The van der Waals surface area contributed by atoms with Gasteiger partial charge in [0.05, 0.1) is 0 Å². The minimum Gasteiger partial charge on any atom is -0.508 e. The van der Waals surface area contributed by atoms with Gasteiger partial charge in [0, 0.05) is 24.0 Å². The lowest BCUT2D eigenvalue weighted by molar-refractivity contribution is 0.434. The second-order valence-corrected chi connectivity index (χ2v) is 9.04. The van der Waals surface area contributed by atoms with Crippen molar-refractivity contribution in [2.24, 2.45) is 0 Å². The Morgan fingerprint density at radius 3 is 2.54 bits per heavy atom. The van der Waals surface area contributed by atoms with E-state index in [4.69, 9.17) is 0 Å². The van der Waals surface area contributed by atoms with Crippen molar-refractivity contribution in [3.05, 3.63) is 66.0 Å². The molecule has 26 heavy (non-hydrogen) atoms. The summed E-state index contributed by atoms with van der Waals surface area (Å²) in [6.45, 7) is 0.0878. The summed E-state index contributed by atoms with van der Waals surface area (Å²) in [5, 5.41) is 19.0. The van der Waals surface area contributed by atoms with Crippen molar-refractivity contribution < 1.29 is 23.0 Å². The van der Waals surface area contributed by atoms with Crippen LogP contribution < -0.4 is 0 Å². The molecule has 5 nitrogen and oxygen atoms in total. The number of hydrogen-bond acceptors (Lipinski definition) is 5. The van der Waals surface area contributed by atoms with Crippen LogP contribution in [0.3, 0.4) is 0 Å². The molecule has 0 bridgehead atoms. The summed E-state index contributed by atoms with van der Waals surface area (Å²) in [6, 6.07) is 13.5. The van der Waals surface area contributed by atoms with Gasteiger partial charge in [-0.15, -0.1) is 11.3 Å². The van der Waals surface area contributed by atoms with Gasteiger partial charge in [0.1, 0.15) is 9.96 Å². The lowest BCUT2D eigenvalue weighted by atomic mass is 10.1. The minimum absolute atomic E-state index is 0.0612. The Morgan fingerprint density at radius 2 is 1.81 bits per heavy atom. The summed E-state index contributed by atoms with van der Waals surface area (Å²) >= 11 is 0.928. The topological polar surface area (TPSA) is 77.8 Å². The second-order valence-electron chi connectivity index (χ2n) is 5.69. The van der Waals surface area contributed by atoms with Crippen LogP contribution in [0.5, 0.6) is 11.5 Å². The molecule has 3 rings (SSSR count). The molecule has 2 aromatic carbocycles. The van der Waals surface area contributed by atoms with Gasteiger partial charge < -0.3 is 10.2 Å². The van der Waals surface area contributed by atoms with Crippen LogP contribution in [0.25, 0.3) is 10.4 Å². The van der Waals surface area contributed by atoms with Crippen molar-refractivity contribution in [1.82, 2.24) is 4.31 Å². The first-order valence-electron chi connectivity index (χ1n) is 7.61. The fourth-order valence-electron chi connectivity index (χ4n) is 2.46. The van der Waals surface area contributed by atoms with E-state index >= 15 is 0 Å². The van der Waals surface area contributed by atoms with Crippen molar-refractivity contribution in [1.29, 1.82) is 0 Å². The number of benzene rings is 2. The number of halogens is 1. The number of phenolic OH excluding ortho intramolecular Hbond substituents is 2. The van der Waals surface area contributed by atoms with Gasteiger partial charge in [-0.25, -0.2) is 12.8 Å². The molecule has 0 saturated carbocycles. The maximum Gasteiger partial charge on any atom is 0.252 e. The average molecular weight is 393 g/mol. The highest BCUT2D eigenvalue weighted by atomic mass is 32.2. The predicted molar refractivity (Wildman–Crippen MR) is 98.1 cm³/mol. The van der Waals surface area contributed by atoms with Gasteiger partial charge >= 0.3 is 0 Å². The molecule has 1 heterocycles. The van der Waals surface area contributed by atoms with Crippen molar-refractivity contribution in [2.75, 3.05) is 7.05 Å². The van der Waals surface area contributed by atoms with Gasteiger partial charge in [-0.2, -0.15) is 4.31 Å². The highest BCUT2D eigenvalue weighted by molar-refractivity contribution is 7.91. The molecule has 8 heteroatoms. The van der Waals surface area contributed by atoms with E-state index in [1.165, 1.54) is 49.5 Å². The van der Waals surface area contributed by atoms with Crippen molar-refractivity contribution in [3.8, 4) is 21.9 Å². The highest BCUT2D eigenvalue weighted by Crippen LogP contribution is 2.35. The van der Waals surface area contributed by atoms with Crippen LogP contribution in [-0.4, -0.2) is 30.0 Å². The molecule has 3 aromatic rings. The summed E-state index contributed by atoms with van der Waals surface area (Å²) in [5.41, 5.74) is 0.791. The molecule has 0 spiro atoms. The number of sulfonamides is 1. The van der Waals surface area contributed by atoms with Gasteiger partial charge in [-0.05, 0) is 35.9 Å². The molecule has 0 aliphatic heterocycles. The molecule has 0 unspecified atom stereocenters. The van der Waals surface area contributed by atoms with Gasteiger partial charge in [0.2, 0.25) is 0 Å². The molecule has 0 aliphatic carbocycles. The standard InChI is InChI=1S/C18H16FNO4S2/c1-20(11-12-4-2-5-13(21)10-12)26(23,24)17-9-8-16(25-17)14-6-3-7-15(22)18(14)19/h2-10,21-22H,11H2,1H3. The van der Waals surface area contributed by atoms with E-state index < -0.39 is 21.6 Å². The number of aromatic hydroxyl groups is 2. The van der Waals surface area contributed by atoms with Crippen LogP contribution >= 0.6 is 11.3 Å². The fourth-order valence-corrected chi connectivity index (χ4v) is 5.16. The SMILES string of the molecule is CN(Cc1cccc(O)c1)S(=O)(=O)c1ccc(-c2cccc(O)c2F)s1. The third-order valence-electron chi connectivity index (χ3n) is 3.81. The molecule has 0 amide bonds. The van der Waals surface area contributed by atoms with Gasteiger partial charge in [-0.1, -0.05) is 24.3 Å². The first kappa shape index (κ1) is 18.4. The lowest BCUT2D eigenvalue weighted by Gasteiger charge is -2.16. The van der Waals surface area contributed by atoms with E-state index in [0.717, 1.165) is 15.6 Å². The normalized spacial score (nSPS) is 11.8. The molecule has 0 fully saturated rings. The van der Waals surface area contributed by atoms with Crippen LogP contribution in [0, 0.1) is 5.82 Å². The maximum atomic E-state index is 14.1. The summed E-state index contributed by atoms with van der Waals surface area (Å²) in [4.78, 5) is 0.405. The van der Waals surface area contributed by atoms with E-state index in [2.05, 4.69) is 0 Å². The lowest BCUT2D eigenvalue weighted by Crippen LogP contribution is -2.25. The van der Waals surface area contributed by atoms with Crippen LogP contribution in [0.4, 0.5) is 4.39 Å². The summed E-state index contributed by atoms with van der Waals surface area (Å²) in [6.07, 6.45) is 0. The summed E-state index contributed by atoms with van der Waals surface area (Å²) in [5.74, 6) is -1.21. The molecule has 136 valence electrons. The second kappa shape index (κ2) is 7.06. The van der Waals surface area contributed by atoms with E-state index in [0.29, 0.717) is 10.4 Å². The number of nitrogens with zero attached hydrogens (tertiary/aromatic N) is 1. The maximum absolute atomic E-state index is 14.1. The molecule has 2 N–H and O–H groups in total. The van der Waals surface area contributed by atoms with E-state index in [9.17, 15) is 23.0 Å². The zero-order chi connectivity index (χ0) is 18.9. The van der Waals surface area contributed by atoms with Crippen molar-refractivity contribution in [2.45, 2.75) is 10.8 Å². The van der Waals surface area contributed by atoms with Gasteiger partial charge in [0.25, 0.3) is 10.0 Å². The van der Waals surface area contributed by atoms with E-state index in [1.54, 1.807) is 12.1 Å². The molecule has 0 saturated heterocycles. The Balaban J connectivity index is 1.88. The zero-order valence-electron chi connectivity index (χ0n) is 13.8. The van der Waals surface area contributed by atoms with Crippen LogP contribution in [0.2, 0.25) is 0 Å².